The van der Waals surface area contributed by atoms with Crippen molar-refractivity contribution >= 4 is 5.78 Å². The van der Waals surface area contributed by atoms with E-state index in [4.69, 9.17) is 5.73 Å². The molecular weight excluding hydrogens is 152 g/mol. The SMILES string of the molecule is Cc1nccc(C(=O)CN)c1C. The van der Waals surface area contributed by atoms with E-state index in [2.05, 4.69) is 4.98 Å². The Hall–Kier alpha value is -1.22. The lowest BCUT2D eigenvalue weighted by molar-refractivity contribution is 0.100. The van der Waals surface area contributed by atoms with Crippen molar-refractivity contribution in [2.45, 2.75) is 13.8 Å². The lowest BCUT2D eigenvalue weighted by Crippen LogP contribution is -2.15. The largest absolute Gasteiger partial charge is 0.324 e. The Bertz CT molecular complexity index is 307. The molecule has 0 aliphatic carbocycles. The van der Waals surface area contributed by atoms with Crippen LogP contribution in [0.15, 0.2) is 12.3 Å². The Morgan fingerprint density at radius 3 is 2.83 bits per heavy atom. The molecule has 1 heterocycles. The Morgan fingerprint density at radius 1 is 1.58 bits per heavy atom. The normalized spacial score (nSPS) is 9.92. The van der Waals surface area contributed by atoms with Gasteiger partial charge in [-0.05, 0) is 25.5 Å². The number of hydrogen-bond donors (Lipinski definition) is 1. The number of rotatable bonds is 2. The zero-order valence-electron chi connectivity index (χ0n) is 7.29. The molecule has 12 heavy (non-hydrogen) atoms. The summed E-state index contributed by atoms with van der Waals surface area (Å²) in [4.78, 5) is 15.3. The minimum absolute atomic E-state index is 0.0296. The van der Waals surface area contributed by atoms with Gasteiger partial charge in [-0.25, -0.2) is 0 Å². The highest BCUT2D eigenvalue weighted by Crippen LogP contribution is 2.09. The predicted octanol–water partition coefficient (Wildman–Crippen LogP) is 0.840. The van der Waals surface area contributed by atoms with Crippen LogP contribution in [0.5, 0.6) is 0 Å². The highest BCUT2D eigenvalue weighted by molar-refractivity contribution is 5.98. The predicted molar refractivity (Wildman–Crippen MR) is 47.1 cm³/mol. The Balaban J connectivity index is 3.16. The second kappa shape index (κ2) is 3.45. The Labute approximate surface area is 71.6 Å². The van der Waals surface area contributed by atoms with Crippen LogP contribution in [0, 0.1) is 13.8 Å². The van der Waals surface area contributed by atoms with Gasteiger partial charge in [0.2, 0.25) is 0 Å². The van der Waals surface area contributed by atoms with Gasteiger partial charge < -0.3 is 5.73 Å². The van der Waals surface area contributed by atoms with E-state index in [1.165, 1.54) is 0 Å². The summed E-state index contributed by atoms with van der Waals surface area (Å²) in [5.41, 5.74) is 7.75. The molecule has 1 aromatic rings. The second-order valence-corrected chi connectivity index (χ2v) is 2.70. The van der Waals surface area contributed by atoms with Crippen molar-refractivity contribution in [2.24, 2.45) is 5.73 Å². The smallest absolute Gasteiger partial charge is 0.176 e. The molecule has 0 aliphatic heterocycles. The maximum absolute atomic E-state index is 11.2. The number of ketones is 1. The quantitative estimate of drug-likeness (QED) is 0.659. The van der Waals surface area contributed by atoms with E-state index in [1.54, 1.807) is 12.3 Å². The third-order valence-corrected chi connectivity index (χ3v) is 1.94. The van der Waals surface area contributed by atoms with Gasteiger partial charge in [0.15, 0.2) is 5.78 Å². The van der Waals surface area contributed by atoms with E-state index < -0.39 is 0 Å². The van der Waals surface area contributed by atoms with Gasteiger partial charge >= 0.3 is 0 Å². The summed E-state index contributed by atoms with van der Waals surface area (Å²) >= 11 is 0. The number of carbonyl (C=O) groups is 1. The number of nitrogens with two attached hydrogens (primary N) is 1. The zero-order chi connectivity index (χ0) is 9.14. The lowest BCUT2D eigenvalue weighted by atomic mass is 10.1. The van der Waals surface area contributed by atoms with Gasteiger partial charge in [-0.2, -0.15) is 0 Å². The fraction of sp³-hybridized carbons (Fsp3) is 0.333. The molecule has 0 spiro atoms. The van der Waals surface area contributed by atoms with E-state index in [0.29, 0.717) is 5.56 Å². The maximum Gasteiger partial charge on any atom is 0.176 e. The van der Waals surface area contributed by atoms with Crippen molar-refractivity contribution in [1.29, 1.82) is 0 Å². The highest BCUT2D eigenvalue weighted by Gasteiger charge is 2.07. The van der Waals surface area contributed by atoms with Crippen LogP contribution in [0.4, 0.5) is 0 Å². The number of carbonyl (C=O) groups excluding carboxylic acids is 1. The average Bonchev–Trinajstić information content (AvgIpc) is 2.08. The summed E-state index contributed by atoms with van der Waals surface area (Å²) in [6.45, 7) is 3.82. The molecule has 3 heteroatoms. The first kappa shape index (κ1) is 8.87. The van der Waals surface area contributed by atoms with Crippen molar-refractivity contribution < 1.29 is 4.79 Å². The molecule has 0 fully saturated rings. The van der Waals surface area contributed by atoms with Gasteiger partial charge in [-0.3, -0.25) is 9.78 Å². The zero-order valence-corrected chi connectivity index (χ0v) is 7.29. The molecule has 0 atom stereocenters. The van der Waals surface area contributed by atoms with Crippen LogP contribution in [-0.2, 0) is 0 Å². The summed E-state index contributed by atoms with van der Waals surface area (Å²) < 4.78 is 0. The van der Waals surface area contributed by atoms with Gasteiger partial charge in [0.05, 0.1) is 6.54 Å². The van der Waals surface area contributed by atoms with E-state index in [-0.39, 0.29) is 12.3 Å². The summed E-state index contributed by atoms with van der Waals surface area (Å²) in [7, 11) is 0. The number of hydrogen-bond acceptors (Lipinski definition) is 3. The first-order chi connectivity index (χ1) is 5.66. The Morgan fingerprint density at radius 2 is 2.25 bits per heavy atom. The van der Waals surface area contributed by atoms with Gasteiger partial charge in [0, 0.05) is 17.5 Å². The molecule has 1 rings (SSSR count). The molecule has 0 unspecified atom stereocenters. The number of aryl methyl sites for hydroxylation is 1. The fourth-order valence-corrected chi connectivity index (χ4v) is 1.05. The van der Waals surface area contributed by atoms with E-state index in [1.807, 2.05) is 13.8 Å². The summed E-state index contributed by atoms with van der Waals surface area (Å²) in [5, 5.41) is 0. The topological polar surface area (TPSA) is 56.0 Å². The monoisotopic (exact) mass is 164 g/mol. The van der Waals surface area contributed by atoms with Crippen LogP contribution in [-0.4, -0.2) is 17.3 Å². The number of pyridine rings is 1. The van der Waals surface area contributed by atoms with Gasteiger partial charge in [0.25, 0.3) is 0 Å². The molecule has 0 bridgehead atoms. The van der Waals surface area contributed by atoms with Crippen LogP contribution in [0.3, 0.4) is 0 Å². The maximum atomic E-state index is 11.2. The molecule has 1 aromatic heterocycles. The molecule has 2 N–H and O–H groups in total. The first-order valence-electron chi connectivity index (χ1n) is 3.82. The summed E-state index contributed by atoms with van der Waals surface area (Å²) in [6, 6.07) is 1.71. The summed E-state index contributed by atoms with van der Waals surface area (Å²) in [5.74, 6) is -0.0296. The highest BCUT2D eigenvalue weighted by atomic mass is 16.1. The molecule has 0 aliphatic rings. The molecule has 0 radical (unpaired) electrons. The van der Waals surface area contributed by atoms with Crippen molar-refractivity contribution in [3.8, 4) is 0 Å². The van der Waals surface area contributed by atoms with E-state index >= 15 is 0 Å². The fourth-order valence-electron chi connectivity index (χ4n) is 1.05. The average molecular weight is 164 g/mol. The Kier molecular flexibility index (Phi) is 2.55. The number of aromatic nitrogens is 1. The first-order valence-corrected chi connectivity index (χ1v) is 3.82. The third kappa shape index (κ3) is 1.51. The van der Waals surface area contributed by atoms with E-state index in [9.17, 15) is 4.79 Å². The molecule has 0 amide bonds. The van der Waals surface area contributed by atoms with Crippen LogP contribution in [0.1, 0.15) is 21.6 Å². The van der Waals surface area contributed by atoms with Gasteiger partial charge in [-0.15, -0.1) is 0 Å². The van der Waals surface area contributed by atoms with Crippen molar-refractivity contribution in [3.63, 3.8) is 0 Å². The van der Waals surface area contributed by atoms with Crippen LogP contribution in [0.2, 0.25) is 0 Å². The van der Waals surface area contributed by atoms with Crippen LogP contribution in [0.25, 0.3) is 0 Å². The molecule has 3 nitrogen and oxygen atoms in total. The van der Waals surface area contributed by atoms with Gasteiger partial charge in [0.1, 0.15) is 0 Å². The molecule has 0 saturated carbocycles. The number of nitrogens with zero attached hydrogens (tertiary/aromatic N) is 1. The van der Waals surface area contributed by atoms with Crippen LogP contribution < -0.4 is 5.73 Å². The van der Waals surface area contributed by atoms with Crippen LogP contribution >= 0.6 is 0 Å². The molecule has 0 saturated heterocycles. The van der Waals surface area contributed by atoms with Crippen molar-refractivity contribution in [2.75, 3.05) is 6.54 Å². The molecule has 64 valence electrons. The van der Waals surface area contributed by atoms with Gasteiger partial charge in [-0.1, -0.05) is 0 Å². The van der Waals surface area contributed by atoms with E-state index in [0.717, 1.165) is 11.3 Å². The minimum atomic E-state index is -0.0296. The standard InChI is InChI=1S/C9H12N2O/c1-6-7(2)11-4-3-8(6)9(12)5-10/h3-4H,5,10H2,1-2H3. The molecular formula is C9H12N2O. The molecule has 0 aromatic carbocycles. The number of Topliss-reactive ketones (excluding diaryl/α,β-unsaturated/α-hetero) is 1. The third-order valence-electron chi connectivity index (χ3n) is 1.94. The lowest BCUT2D eigenvalue weighted by Gasteiger charge is -2.04. The summed E-state index contributed by atoms with van der Waals surface area (Å²) in [6.07, 6.45) is 1.63. The van der Waals surface area contributed by atoms with Crippen molar-refractivity contribution in [3.05, 3.63) is 29.1 Å². The minimum Gasteiger partial charge on any atom is -0.324 e. The van der Waals surface area contributed by atoms with Crippen molar-refractivity contribution in [1.82, 2.24) is 4.98 Å². The second-order valence-electron chi connectivity index (χ2n) is 2.70.